The summed E-state index contributed by atoms with van der Waals surface area (Å²) in [6.07, 6.45) is -1.70. The fraction of sp³-hybridized carbons (Fsp3) is 0.350. The molecule has 4 nitrogen and oxygen atoms in total. The molecule has 1 aliphatic rings. The summed E-state index contributed by atoms with van der Waals surface area (Å²) in [6, 6.07) is 9.90. The van der Waals surface area contributed by atoms with Gasteiger partial charge in [-0.05, 0) is 62.1 Å². The number of anilines is 1. The lowest BCUT2D eigenvalue weighted by molar-refractivity contribution is -0.137. The number of hydrogen-bond acceptors (Lipinski definition) is 3. The van der Waals surface area contributed by atoms with Crippen LogP contribution in [0.25, 0.3) is 0 Å². The lowest BCUT2D eigenvalue weighted by atomic mass is 10.1. The highest BCUT2D eigenvalue weighted by atomic mass is 32.2. The molecule has 1 unspecified atom stereocenters. The van der Waals surface area contributed by atoms with E-state index in [9.17, 15) is 26.4 Å². The van der Waals surface area contributed by atoms with E-state index in [0.29, 0.717) is 0 Å². The molecule has 2 aromatic rings. The standard InChI is InChI=1S/C20H20F3NO3S/c1-13(14-9-10-14)24(17-7-4-6-16(12-17)20(21,22)23)19(25)15-5-3-8-18(11-15)28(2,26)27/h3-8,11-14H,9-10H2,1-2H3. The Balaban J connectivity index is 2.05. The molecule has 0 bridgehead atoms. The van der Waals surface area contributed by atoms with Gasteiger partial charge in [0, 0.05) is 23.5 Å². The molecule has 1 saturated carbocycles. The summed E-state index contributed by atoms with van der Waals surface area (Å²) in [7, 11) is -3.52. The molecule has 0 heterocycles. The van der Waals surface area contributed by atoms with Gasteiger partial charge in [0.2, 0.25) is 0 Å². The Morgan fingerprint density at radius 2 is 1.75 bits per heavy atom. The maximum atomic E-state index is 13.2. The van der Waals surface area contributed by atoms with E-state index in [-0.39, 0.29) is 28.1 Å². The van der Waals surface area contributed by atoms with Gasteiger partial charge < -0.3 is 4.90 Å². The summed E-state index contributed by atoms with van der Waals surface area (Å²) in [4.78, 5) is 14.5. The minimum Gasteiger partial charge on any atom is -0.305 e. The lowest BCUT2D eigenvalue weighted by Crippen LogP contribution is -2.40. The van der Waals surface area contributed by atoms with Crippen molar-refractivity contribution < 1.29 is 26.4 Å². The van der Waals surface area contributed by atoms with Crippen LogP contribution in [0.4, 0.5) is 18.9 Å². The van der Waals surface area contributed by atoms with Crippen molar-refractivity contribution >= 4 is 21.4 Å². The highest BCUT2D eigenvalue weighted by Gasteiger charge is 2.37. The number of rotatable bonds is 5. The summed E-state index contributed by atoms with van der Waals surface area (Å²) >= 11 is 0. The molecule has 0 N–H and O–H groups in total. The van der Waals surface area contributed by atoms with E-state index < -0.39 is 27.5 Å². The van der Waals surface area contributed by atoms with Gasteiger partial charge in [0.05, 0.1) is 10.5 Å². The van der Waals surface area contributed by atoms with Gasteiger partial charge in [0.25, 0.3) is 5.91 Å². The maximum absolute atomic E-state index is 13.2. The number of halogens is 3. The first-order valence-electron chi connectivity index (χ1n) is 8.79. The fourth-order valence-electron chi connectivity index (χ4n) is 3.16. The van der Waals surface area contributed by atoms with E-state index in [0.717, 1.165) is 31.2 Å². The van der Waals surface area contributed by atoms with Crippen molar-refractivity contribution in [1.29, 1.82) is 0 Å². The Morgan fingerprint density at radius 3 is 2.32 bits per heavy atom. The van der Waals surface area contributed by atoms with Crippen LogP contribution in [0.5, 0.6) is 0 Å². The smallest absolute Gasteiger partial charge is 0.305 e. The lowest BCUT2D eigenvalue weighted by Gasteiger charge is -2.30. The molecule has 0 saturated heterocycles. The first kappa shape index (κ1) is 20.4. The molecule has 150 valence electrons. The van der Waals surface area contributed by atoms with Crippen LogP contribution in [0.2, 0.25) is 0 Å². The third kappa shape index (κ3) is 4.38. The minimum absolute atomic E-state index is 0.0126. The highest BCUT2D eigenvalue weighted by molar-refractivity contribution is 7.90. The molecule has 1 aliphatic carbocycles. The molecule has 0 aliphatic heterocycles. The third-order valence-electron chi connectivity index (χ3n) is 4.89. The number of benzene rings is 2. The van der Waals surface area contributed by atoms with Gasteiger partial charge in [-0.15, -0.1) is 0 Å². The van der Waals surface area contributed by atoms with Gasteiger partial charge in [0.15, 0.2) is 9.84 Å². The topological polar surface area (TPSA) is 54.5 Å². The number of alkyl halides is 3. The average Bonchev–Trinajstić information content (AvgIpc) is 3.46. The van der Waals surface area contributed by atoms with Crippen molar-refractivity contribution in [2.45, 2.75) is 36.9 Å². The SMILES string of the molecule is CC(C1CC1)N(C(=O)c1cccc(S(C)(=O)=O)c1)c1cccc(C(F)(F)F)c1. The Morgan fingerprint density at radius 1 is 1.11 bits per heavy atom. The second-order valence-corrected chi connectivity index (χ2v) is 9.12. The number of nitrogens with zero attached hydrogens (tertiary/aromatic N) is 1. The van der Waals surface area contributed by atoms with E-state index >= 15 is 0 Å². The van der Waals surface area contributed by atoms with E-state index in [1.807, 2.05) is 0 Å². The molecule has 3 rings (SSSR count). The van der Waals surface area contributed by atoms with Gasteiger partial charge in [-0.25, -0.2) is 8.42 Å². The molecular weight excluding hydrogens is 391 g/mol. The number of amides is 1. The number of sulfone groups is 1. The Labute approximate surface area is 161 Å². The van der Waals surface area contributed by atoms with Gasteiger partial charge in [0.1, 0.15) is 0 Å². The van der Waals surface area contributed by atoms with Crippen LogP contribution >= 0.6 is 0 Å². The summed E-state index contributed by atoms with van der Waals surface area (Å²) < 4.78 is 63.0. The van der Waals surface area contributed by atoms with Crippen molar-refractivity contribution in [1.82, 2.24) is 0 Å². The zero-order valence-electron chi connectivity index (χ0n) is 15.4. The largest absolute Gasteiger partial charge is 0.416 e. The molecule has 1 atom stereocenters. The molecular formula is C20H20F3NO3S. The minimum atomic E-state index is -4.52. The van der Waals surface area contributed by atoms with Crippen LogP contribution in [0, 0.1) is 5.92 Å². The van der Waals surface area contributed by atoms with Gasteiger partial charge in [-0.2, -0.15) is 13.2 Å². The van der Waals surface area contributed by atoms with Crippen LogP contribution < -0.4 is 4.90 Å². The van der Waals surface area contributed by atoms with Crippen LogP contribution in [-0.2, 0) is 16.0 Å². The summed E-state index contributed by atoms with van der Waals surface area (Å²) in [5, 5.41) is 0. The molecule has 0 aromatic heterocycles. The fourth-order valence-corrected chi connectivity index (χ4v) is 3.82. The maximum Gasteiger partial charge on any atom is 0.416 e. The van der Waals surface area contributed by atoms with E-state index in [1.165, 1.54) is 41.3 Å². The zero-order valence-corrected chi connectivity index (χ0v) is 16.2. The Bertz CT molecular complexity index is 998. The Kier molecular flexibility index (Phi) is 5.27. The first-order valence-corrected chi connectivity index (χ1v) is 10.7. The van der Waals surface area contributed by atoms with Gasteiger partial charge in [-0.3, -0.25) is 4.79 Å². The van der Waals surface area contributed by atoms with E-state index in [2.05, 4.69) is 0 Å². The second-order valence-electron chi connectivity index (χ2n) is 7.10. The van der Waals surface area contributed by atoms with Gasteiger partial charge >= 0.3 is 6.18 Å². The van der Waals surface area contributed by atoms with E-state index in [1.54, 1.807) is 6.92 Å². The molecule has 2 aromatic carbocycles. The Hall–Kier alpha value is -2.35. The molecule has 0 radical (unpaired) electrons. The highest BCUT2D eigenvalue weighted by Crippen LogP contribution is 2.39. The zero-order chi connectivity index (χ0) is 20.7. The van der Waals surface area contributed by atoms with Crippen molar-refractivity contribution in [2.24, 2.45) is 5.92 Å². The second kappa shape index (κ2) is 7.24. The molecule has 28 heavy (non-hydrogen) atoms. The summed E-state index contributed by atoms with van der Waals surface area (Å²) in [5.41, 5.74) is -0.576. The van der Waals surface area contributed by atoms with Crippen molar-refractivity contribution in [3.8, 4) is 0 Å². The summed E-state index contributed by atoms with van der Waals surface area (Å²) in [6.45, 7) is 1.80. The number of carbonyl (C=O) groups is 1. The quantitative estimate of drug-likeness (QED) is 0.725. The monoisotopic (exact) mass is 411 g/mol. The van der Waals surface area contributed by atoms with Gasteiger partial charge in [-0.1, -0.05) is 12.1 Å². The van der Waals surface area contributed by atoms with Crippen LogP contribution in [0.1, 0.15) is 35.7 Å². The van der Waals surface area contributed by atoms with Crippen molar-refractivity contribution in [3.63, 3.8) is 0 Å². The first-order chi connectivity index (χ1) is 13.0. The number of carbonyl (C=O) groups excluding carboxylic acids is 1. The molecule has 0 spiro atoms. The normalized spacial score (nSPS) is 15.9. The average molecular weight is 411 g/mol. The predicted octanol–water partition coefficient (Wildman–Crippen LogP) is 4.55. The van der Waals surface area contributed by atoms with Crippen molar-refractivity contribution in [3.05, 3.63) is 59.7 Å². The molecule has 1 amide bonds. The number of hydrogen-bond donors (Lipinski definition) is 0. The van der Waals surface area contributed by atoms with Crippen LogP contribution in [0.3, 0.4) is 0 Å². The van der Waals surface area contributed by atoms with E-state index in [4.69, 9.17) is 0 Å². The molecule has 8 heteroatoms. The third-order valence-corrected chi connectivity index (χ3v) is 6.00. The van der Waals surface area contributed by atoms with Crippen LogP contribution in [-0.4, -0.2) is 26.6 Å². The predicted molar refractivity (Wildman–Crippen MR) is 100.0 cm³/mol. The van der Waals surface area contributed by atoms with Crippen LogP contribution in [0.15, 0.2) is 53.4 Å². The van der Waals surface area contributed by atoms with Crippen molar-refractivity contribution in [2.75, 3.05) is 11.2 Å². The molecule has 1 fully saturated rings. The summed E-state index contributed by atoms with van der Waals surface area (Å²) in [5.74, 6) is -0.319.